The molecule has 2 aliphatic rings. The van der Waals surface area contributed by atoms with E-state index in [2.05, 4.69) is 32.5 Å². The molecule has 3 aromatic heterocycles. The molecule has 2 N–H and O–H groups in total. The van der Waals surface area contributed by atoms with E-state index in [1.54, 1.807) is 6.20 Å². The molecular weight excluding hydrogens is 468 g/mol. The summed E-state index contributed by atoms with van der Waals surface area (Å²) in [5.41, 5.74) is 11.7. The molecule has 1 aliphatic heterocycles. The maximum atomic E-state index is 6.84. The van der Waals surface area contributed by atoms with Gasteiger partial charge >= 0.3 is 0 Å². The van der Waals surface area contributed by atoms with Crippen molar-refractivity contribution in [3.63, 3.8) is 0 Å². The Bertz CT molecular complexity index is 1580. The number of anilines is 1. The van der Waals surface area contributed by atoms with Crippen LogP contribution in [-0.4, -0.2) is 43.9 Å². The predicted molar refractivity (Wildman–Crippen MR) is 145 cm³/mol. The number of halogens is 1. The quantitative estimate of drug-likeness (QED) is 0.322. The zero-order valence-corrected chi connectivity index (χ0v) is 20.7. The van der Waals surface area contributed by atoms with E-state index in [1.807, 2.05) is 42.6 Å². The minimum atomic E-state index is 0.418. The van der Waals surface area contributed by atoms with E-state index in [9.17, 15) is 0 Å². The molecule has 7 heteroatoms. The molecule has 0 radical (unpaired) electrons. The Morgan fingerprint density at radius 3 is 2.61 bits per heavy atom. The molecule has 2 aromatic carbocycles. The van der Waals surface area contributed by atoms with Crippen molar-refractivity contribution >= 4 is 33.8 Å². The van der Waals surface area contributed by atoms with Crippen molar-refractivity contribution in [2.24, 2.45) is 5.92 Å². The summed E-state index contributed by atoms with van der Waals surface area (Å²) >= 11 is 6.84. The lowest BCUT2D eigenvalue weighted by Crippen LogP contribution is -2.43. The van der Waals surface area contributed by atoms with Crippen LogP contribution in [0.25, 0.3) is 38.9 Å². The molecule has 36 heavy (non-hydrogen) atoms. The number of aromatic nitrogens is 4. The zero-order valence-electron chi connectivity index (χ0n) is 19.9. The first-order chi connectivity index (χ1) is 17.6. The lowest BCUT2D eigenvalue weighted by molar-refractivity contribution is 0.107. The number of likely N-dealkylation sites (tertiary alicyclic amines) is 1. The summed E-state index contributed by atoms with van der Waals surface area (Å²) in [5, 5.41) is 1.63. The van der Waals surface area contributed by atoms with E-state index in [4.69, 9.17) is 27.3 Å². The van der Waals surface area contributed by atoms with Gasteiger partial charge < -0.3 is 10.6 Å². The average molecular weight is 495 g/mol. The molecule has 1 saturated carbocycles. The third kappa shape index (κ3) is 3.64. The van der Waals surface area contributed by atoms with E-state index in [1.165, 1.54) is 26.1 Å². The van der Waals surface area contributed by atoms with Gasteiger partial charge in [-0.05, 0) is 56.5 Å². The van der Waals surface area contributed by atoms with Gasteiger partial charge in [-0.15, -0.1) is 0 Å². The minimum Gasteiger partial charge on any atom is -0.382 e. The van der Waals surface area contributed by atoms with Crippen molar-refractivity contribution in [1.82, 2.24) is 24.3 Å². The summed E-state index contributed by atoms with van der Waals surface area (Å²) in [6, 6.07) is 18.3. The average Bonchev–Trinajstić information content (AvgIpc) is 3.22. The van der Waals surface area contributed by atoms with Crippen molar-refractivity contribution in [3.8, 4) is 22.5 Å². The minimum absolute atomic E-state index is 0.418. The predicted octanol–water partition coefficient (Wildman–Crippen LogP) is 6.05. The smallest absolute Gasteiger partial charge is 0.150 e. The fourth-order valence-corrected chi connectivity index (χ4v) is 5.94. The number of pyridine rings is 1. The van der Waals surface area contributed by atoms with Crippen molar-refractivity contribution < 1.29 is 0 Å². The molecule has 0 atom stereocenters. The lowest BCUT2D eigenvalue weighted by Gasteiger charge is -2.41. The molecule has 180 valence electrons. The standard InChI is InChI=1S/C29H27ClN6/c30-23-15-20-7-8-24(19-5-2-1-3-6-19)33-25(20)16-22(23)26-27-28(31)32-9-12-36(27)29(34-26)21-13-18(14-21)17-35-10-4-11-35/h1-3,5-9,12,15-16,18,21H,4,10-11,13-14,17H2,(H2,31,32). The van der Waals surface area contributed by atoms with Crippen molar-refractivity contribution in [3.05, 3.63) is 77.8 Å². The van der Waals surface area contributed by atoms with Crippen LogP contribution in [0.1, 0.15) is 31.0 Å². The van der Waals surface area contributed by atoms with Crippen LogP contribution in [-0.2, 0) is 0 Å². The highest BCUT2D eigenvalue weighted by atomic mass is 35.5. The zero-order chi connectivity index (χ0) is 24.2. The third-order valence-electron chi connectivity index (χ3n) is 7.78. The molecular formula is C29H27ClN6. The summed E-state index contributed by atoms with van der Waals surface area (Å²) in [6.45, 7) is 3.71. The van der Waals surface area contributed by atoms with Crippen molar-refractivity contribution in [2.75, 3.05) is 25.4 Å². The number of nitrogens with two attached hydrogens (primary N) is 1. The van der Waals surface area contributed by atoms with Gasteiger partial charge in [0.1, 0.15) is 22.9 Å². The maximum absolute atomic E-state index is 6.84. The summed E-state index contributed by atoms with van der Waals surface area (Å²) in [5.74, 6) is 2.68. The molecule has 2 fully saturated rings. The van der Waals surface area contributed by atoms with Crippen molar-refractivity contribution in [2.45, 2.75) is 25.2 Å². The largest absolute Gasteiger partial charge is 0.382 e. The molecule has 1 aliphatic carbocycles. The number of hydrogen-bond acceptors (Lipinski definition) is 5. The fraction of sp³-hybridized carbons (Fsp3) is 0.276. The Kier molecular flexibility index (Phi) is 5.19. The van der Waals surface area contributed by atoms with Gasteiger partial charge in [-0.3, -0.25) is 4.40 Å². The van der Waals surface area contributed by atoms with Crippen LogP contribution < -0.4 is 5.73 Å². The van der Waals surface area contributed by atoms with Crippen LogP contribution in [0.4, 0.5) is 5.82 Å². The van der Waals surface area contributed by atoms with Crippen molar-refractivity contribution in [1.29, 1.82) is 0 Å². The van der Waals surface area contributed by atoms with Crippen LogP contribution in [0.5, 0.6) is 0 Å². The van der Waals surface area contributed by atoms with Gasteiger partial charge in [0.15, 0.2) is 0 Å². The molecule has 1 saturated heterocycles. The van der Waals surface area contributed by atoms with Crippen LogP contribution in [0.15, 0.2) is 67.0 Å². The maximum Gasteiger partial charge on any atom is 0.150 e. The Labute approximate surface area is 214 Å². The lowest BCUT2D eigenvalue weighted by atomic mass is 9.74. The number of rotatable bonds is 5. The first kappa shape index (κ1) is 21.8. The SMILES string of the molecule is Nc1nccn2c(C3CC(CN4CCC4)C3)nc(-c3cc4nc(-c5ccccc5)ccc4cc3Cl)c12. The van der Waals surface area contributed by atoms with Crippen LogP contribution in [0.2, 0.25) is 5.02 Å². The van der Waals surface area contributed by atoms with E-state index >= 15 is 0 Å². The number of hydrogen-bond donors (Lipinski definition) is 1. The van der Waals surface area contributed by atoms with Crippen LogP contribution >= 0.6 is 11.6 Å². The van der Waals surface area contributed by atoms with Gasteiger partial charge in [0.2, 0.25) is 0 Å². The topological polar surface area (TPSA) is 72.3 Å². The van der Waals surface area contributed by atoms with Crippen LogP contribution in [0, 0.1) is 5.92 Å². The highest BCUT2D eigenvalue weighted by molar-refractivity contribution is 6.34. The third-order valence-corrected chi connectivity index (χ3v) is 8.09. The molecule has 0 amide bonds. The Morgan fingerprint density at radius 2 is 1.83 bits per heavy atom. The number of nitrogens with zero attached hydrogens (tertiary/aromatic N) is 5. The Morgan fingerprint density at radius 1 is 1.00 bits per heavy atom. The first-order valence-electron chi connectivity index (χ1n) is 12.6. The molecule has 5 aromatic rings. The number of benzene rings is 2. The van der Waals surface area contributed by atoms with Gasteiger partial charge in [-0.25, -0.2) is 15.0 Å². The van der Waals surface area contributed by atoms with Crippen LogP contribution in [0.3, 0.4) is 0 Å². The monoisotopic (exact) mass is 494 g/mol. The van der Waals surface area contributed by atoms with E-state index < -0.39 is 0 Å². The molecule has 0 spiro atoms. The normalized spacial score (nSPS) is 19.9. The molecule has 0 bridgehead atoms. The molecule has 4 heterocycles. The van der Waals surface area contributed by atoms with Gasteiger partial charge in [-0.2, -0.15) is 0 Å². The number of nitrogen functional groups attached to an aromatic ring is 1. The Balaban J connectivity index is 1.30. The highest BCUT2D eigenvalue weighted by Crippen LogP contribution is 2.44. The molecule has 6 nitrogen and oxygen atoms in total. The van der Waals surface area contributed by atoms with E-state index in [0.717, 1.165) is 63.5 Å². The fourth-order valence-electron chi connectivity index (χ4n) is 5.68. The molecule has 7 rings (SSSR count). The van der Waals surface area contributed by atoms with Gasteiger partial charge in [0.25, 0.3) is 0 Å². The second kappa shape index (κ2) is 8.57. The second-order valence-electron chi connectivity index (χ2n) is 10.1. The molecule has 0 unspecified atom stereocenters. The highest BCUT2D eigenvalue weighted by Gasteiger charge is 2.36. The van der Waals surface area contributed by atoms with E-state index in [-0.39, 0.29) is 0 Å². The van der Waals surface area contributed by atoms with E-state index in [0.29, 0.717) is 16.8 Å². The number of fused-ring (bicyclic) bond motifs is 2. The summed E-state index contributed by atoms with van der Waals surface area (Å²) in [4.78, 5) is 17.0. The Hall–Kier alpha value is -3.48. The second-order valence-corrected chi connectivity index (χ2v) is 10.5. The van der Waals surface area contributed by atoms with Gasteiger partial charge in [0, 0.05) is 41.4 Å². The summed E-state index contributed by atoms with van der Waals surface area (Å²) < 4.78 is 2.12. The van der Waals surface area contributed by atoms with Gasteiger partial charge in [-0.1, -0.05) is 48.0 Å². The summed E-state index contributed by atoms with van der Waals surface area (Å²) in [6.07, 6.45) is 7.38. The summed E-state index contributed by atoms with van der Waals surface area (Å²) in [7, 11) is 0. The first-order valence-corrected chi connectivity index (χ1v) is 13.0. The number of imidazole rings is 1. The van der Waals surface area contributed by atoms with Gasteiger partial charge in [0.05, 0.1) is 16.2 Å².